The van der Waals surface area contributed by atoms with E-state index in [0.717, 1.165) is 0 Å². The highest BCUT2D eigenvalue weighted by Crippen LogP contribution is 2.09. The molecule has 0 aliphatic carbocycles. The molecule has 0 saturated carbocycles. The van der Waals surface area contributed by atoms with Crippen molar-refractivity contribution in [2.75, 3.05) is 0 Å². The molecule has 14 heavy (non-hydrogen) atoms. The fraction of sp³-hybridized carbons (Fsp3) is 1.00. The Kier molecular flexibility index (Phi) is 8.34. The van der Waals surface area contributed by atoms with Crippen LogP contribution in [0.25, 0.3) is 0 Å². The summed E-state index contributed by atoms with van der Waals surface area (Å²) in [4.78, 5) is 0. The molecule has 0 spiro atoms. The maximum absolute atomic E-state index is 9.03. The summed E-state index contributed by atoms with van der Waals surface area (Å²) in [5, 5.41) is 34.5. The Hall–Kier alpha value is -0.160. The van der Waals surface area contributed by atoms with Gasteiger partial charge in [-0.05, 0) is 34.6 Å². The van der Waals surface area contributed by atoms with E-state index in [-0.39, 0.29) is 0 Å². The van der Waals surface area contributed by atoms with Crippen molar-refractivity contribution in [3.8, 4) is 0 Å². The lowest BCUT2D eigenvalue weighted by Gasteiger charge is -2.17. The first-order valence-electron chi connectivity index (χ1n) is 4.83. The molecule has 0 aliphatic heterocycles. The van der Waals surface area contributed by atoms with Crippen LogP contribution in [-0.2, 0) is 0 Å². The molecule has 0 aromatic rings. The molecule has 88 valence electrons. The van der Waals surface area contributed by atoms with Crippen molar-refractivity contribution in [1.29, 1.82) is 0 Å². The van der Waals surface area contributed by atoms with Gasteiger partial charge in [-0.3, -0.25) is 0 Å². The largest absolute Gasteiger partial charge is 0.393 e. The molecular formula is C10H24O4. The highest BCUT2D eigenvalue weighted by Gasteiger charge is 2.14. The van der Waals surface area contributed by atoms with Gasteiger partial charge in [0.25, 0.3) is 0 Å². The number of hydrogen-bond donors (Lipinski definition) is 4. The van der Waals surface area contributed by atoms with E-state index in [1.807, 2.05) is 0 Å². The minimum atomic E-state index is -0.728. The molecule has 0 heterocycles. The van der Waals surface area contributed by atoms with Crippen LogP contribution in [0, 0.1) is 0 Å². The van der Waals surface area contributed by atoms with Crippen LogP contribution >= 0.6 is 0 Å². The van der Waals surface area contributed by atoms with E-state index in [4.69, 9.17) is 20.4 Å². The van der Waals surface area contributed by atoms with Crippen LogP contribution in [0.5, 0.6) is 0 Å². The van der Waals surface area contributed by atoms with Crippen LogP contribution in [0.4, 0.5) is 0 Å². The highest BCUT2D eigenvalue weighted by atomic mass is 16.3. The van der Waals surface area contributed by atoms with E-state index in [9.17, 15) is 0 Å². The van der Waals surface area contributed by atoms with Crippen molar-refractivity contribution in [2.24, 2.45) is 0 Å². The Morgan fingerprint density at radius 1 is 0.929 bits per heavy atom. The van der Waals surface area contributed by atoms with Crippen molar-refractivity contribution in [3.63, 3.8) is 0 Å². The third kappa shape index (κ3) is 17.8. The normalized spacial score (nSPS) is 17.8. The van der Waals surface area contributed by atoms with Crippen LogP contribution < -0.4 is 0 Å². The quantitative estimate of drug-likeness (QED) is 0.537. The van der Waals surface area contributed by atoms with Gasteiger partial charge in [-0.1, -0.05) is 0 Å². The second-order valence-corrected chi connectivity index (χ2v) is 4.35. The molecule has 0 rings (SSSR count). The Balaban J connectivity index is 0. The van der Waals surface area contributed by atoms with Crippen molar-refractivity contribution in [3.05, 3.63) is 0 Å². The zero-order chi connectivity index (χ0) is 11.9. The zero-order valence-electron chi connectivity index (χ0n) is 9.73. The topological polar surface area (TPSA) is 80.9 Å². The molecule has 0 amide bonds. The van der Waals surface area contributed by atoms with Crippen LogP contribution in [0.15, 0.2) is 0 Å². The summed E-state index contributed by atoms with van der Waals surface area (Å²) < 4.78 is 0. The lowest BCUT2D eigenvalue weighted by molar-refractivity contribution is 0.0249. The van der Waals surface area contributed by atoms with Gasteiger partial charge in [0.2, 0.25) is 0 Å². The van der Waals surface area contributed by atoms with Crippen molar-refractivity contribution in [1.82, 2.24) is 0 Å². The minimum Gasteiger partial charge on any atom is -0.393 e. The van der Waals surface area contributed by atoms with Crippen LogP contribution in [0.1, 0.15) is 41.0 Å². The van der Waals surface area contributed by atoms with E-state index in [1.165, 1.54) is 0 Å². The number of rotatable bonds is 3. The predicted molar refractivity (Wildman–Crippen MR) is 56.0 cm³/mol. The molecule has 0 fully saturated rings. The molecule has 3 atom stereocenters. The van der Waals surface area contributed by atoms with Gasteiger partial charge in [-0.15, -0.1) is 0 Å². The third-order valence-corrected chi connectivity index (χ3v) is 1.49. The molecule has 4 heteroatoms. The van der Waals surface area contributed by atoms with Crippen molar-refractivity contribution < 1.29 is 20.4 Å². The van der Waals surface area contributed by atoms with Crippen LogP contribution in [0.3, 0.4) is 0 Å². The molecular weight excluding hydrogens is 184 g/mol. The molecule has 0 bridgehead atoms. The van der Waals surface area contributed by atoms with Crippen molar-refractivity contribution >= 4 is 0 Å². The van der Waals surface area contributed by atoms with E-state index in [1.54, 1.807) is 34.6 Å². The van der Waals surface area contributed by atoms with E-state index < -0.39 is 23.9 Å². The van der Waals surface area contributed by atoms with Gasteiger partial charge in [0, 0.05) is 6.42 Å². The Bertz CT molecular complexity index is 119. The average Bonchev–Trinajstić information content (AvgIpc) is 1.81. The fourth-order valence-electron chi connectivity index (χ4n) is 0.723. The third-order valence-electron chi connectivity index (χ3n) is 1.49. The highest BCUT2D eigenvalue weighted by molar-refractivity contribution is 4.67. The van der Waals surface area contributed by atoms with Gasteiger partial charge in [0.1, 0.15) is 0 Å². The number of aliphatic hydroxyl groups excluding tert-OH is 3. The predicted octanol–water partition coefficient (Wildman–Crippen LogP) is 0.276. The smallest absolute Gasteiger partial charge is 0.0768 e. The number of hydrogen-bond acceptors (Lipinski definition) is 4. The first kappa shape index (κ1) is 16.3. The summed E-state index contributed by atoms with van der Waals surface area (Å²) in [5.74, 6) is 0. The average molecular weight is 208 g/mol. The van der Waals surface area contributed by atoms with E-state index >= 15 is 0 Å². The summed E-state index contributed by atoms with van der Waals surface area (Å²) in [6.07, 6.45) is -1.16. The molecule has 0 radical (unpaired) electrons. The molecule has 0 aliphatic rings. The first-order chi connectivity index (χ1) is 6.06. The summed E-state index contributed by atoms with van der Waals surface area (Å²) in [5.41, 5.74) is -0.728. The lowest BCUT2D eigenvalue weighted by Crippen LogP contribution is -2.24. The summed E-state index contributed by atoms with van der Waals surface area (Å²) in [7, 11) is 0. The molecule has 3 unspecified atom stereocenters. The Labute approximate surface area is 86.2 Å². The van der Waals surface area contributed by atoms with E-state index in [2.05, 4.69) is 0 Å². The van der Waals surface area contributed by atoms with Gasteiger partial charge in [-0.25, -0.2) is 0 Å². The van der Waals surface area contributed by atoms with Gasteiger partial charge in [0.15, 0.2) is 0 Å². The van der Waals surface area contributed by atoms with Crippen LogP contribution in [0.2, 0.25) is 0 Å². The Morgan fingerprint density at radius 2 is 1.21 bits per heavy atom. The van der Waals surface area contributed by atoms with Gasteiger partial charge in [-0.2, -0.15) is 0 Å². The molecule has 0 saturated heterocycles. The lowest BCUT2D eigenvalue weighted by atomic mass is 10.0. The molecule has 4 N–H and O–H groups in total. The zero-order valence-corrected chi connectivity index (χ0v) is 9.73. The molecule has 0 aromatic heterocycles. The molecule has 4 nitrogen and oxygen atoms in total. The van der Waals surface area contributed by atoms with Crippen LogP contribution in [-0.4, -0.2) is 44.3 Å². The van der Waals surface area contributed by atoms with E-state index in [0.29, 0.717) is 6.42 Å². The van der Waals surface area contributed by atoms with Gasteiger partial charge >= 0.3 is 0 Å². The van der Waals surface area contributed by atoms with Gasteiger partial charge in [0.05, 0.1) is 23.9 Å². The SMILES string of the molecule is CC(O)C(C)O.CC(O)CC(C)(C)O. The first-order valence-corrected chi connectivity index (χ1v) is 4.83. The monoisotopic (exact) mass is 208 g/mol. The maximum Gasteiger partial charge on any atom is 0.0768 e. The van der Waals surface area contributed by atoms with Gasteiger partial charge < -0.3 is 20.4 Å². The minimum absolute atomic E-state index is 0.407. The summed E-state index contributed by atoms with van der Waals surface area (Å²) in [6, 6.07) is 0. The maximum atomic E-state index is 9.03. The van der Waals surface area contributed by atoms with Crippen molar-refractivity contribution in [2.45, 2.75) is 65.0 Å². The Morgan fingerprint density at radius 3 is 1.21 bits per heavy atom. The number of aliphatic hydroxyl groups is 4. The second-order valence-electron chi connectivity index (χ2n) is 4.35. The summed E-state index contributed by atoms with van der Waals surface area (Å²) >= 11 is 0. The molecule has 0 aromatic carbocycles. The summed E-state index contributed by atoms with van der Waals surface area (Å²) in [6.45, 7) is 8.12. The standard InChI is InChI=1S/C6H14O2.C4H10O2/c1-5(7)4-6(2,3)8;1-3(5)4(2)6/h5,7-8H,4H2,1-3H3;3-6H,1-2H3. The fourth-order valence-corrected chi connectivity index (χ4v) is 0.723. The second kappa shape index (κ2) is 7.17.